The molecular weight excluding hydrogens is 288 g/mol. The van der Waals surface area contributed by atoms with Crippen molar-refractivity contribution in [1.82, 2.24) is 0 Å². The van der Waals surface area contributed by atoms with Gasteiger partial charge in [-0.15, -0.1) is 0 Å². The van der Waals surface area contributed by atoms with Crippen LogP contribution < -0.4 is 4.74 Å². The smallest absolute Gasteiger partial charge is 0.287 e. The van der Waals surface area contributed by atoms with Gasteiger partial charge in [0.1, 0.15) is 5.75 Å². The van der Waals surface area contributed by atoms with Crippen LogP contribution in [0.1, 0.15) is 6.92 Å². The van der Waals surface area contributed by atoms with E-state index < -0.39 is 17.5 Å². The van der Waals surface area contributed by atoms with Gasteiger partial charge in [0.05, 0.1) is 15.5 Å². The van der Waals surface area contributed by atoms with Crippen molar-refractivity contribution in [1.29, 1.82) is 0 Å². The first-order valence-corrected chi connectivity index (χ1v) is 5.03. The van der Waals surface area contributed by atoms with E-state index in [9.17, 15) is 18.9 Å². The summed E-state index contributed by atoms with van der Waals surface area (Å²) in [6.07, 6.45) is 0. The minimum Gasteiger partial charge on any atom is -0.487 e. The number of nitro benzene ring substituents is 1. The van der Waals surface area contributed by atoms with Crippen LogP contribution in [0.25, 0.3) is 0 Å². The van der Waals surface area contributed by atoms with E-state index in [4.69, 9.17) is 4.74 Å². The maximum absolute atomic E-state index is 12.5. The van der Waals surface area contributed by atoms with Crippen molar-refractivity contribution in [2.75, 3.05) is 6.61 Å². The van der Waals surface area contributed by atoms with Gasteiger partial charge in [-0.25, -0.2) is 8.78 Å². The predicted octanol–water partition coefficient (Wildman–Crippen LogP) is 3.39. The SMILES string of the molecule is CC(F)(F)COc1ccc(Br)c([N+](=O)[O-])c1. The Kier molecular flexibility index (Phi) is 3.79. The van der Waals surface area contributed by atoms with Gasteiger partial charge >= 0.3 is 0 Å². The zero-order chi connectivity index (χ0) is 12.3. The maximum atomic E-state index is 12.5. The summed E-state index contributed by atoms with van der Waals surface area (Å²) >= 11 is 2.98. The van der Waals surface area contributed by atoms with Crippen LogP contribution in [0.2, 0.25) is 0 Å². The van der Waals surface area contributed by atoms with Gasteiger partial charge in [-0.3, -0.25) is 10.1 Å². The largest absolute Gasteiger partial charge is 0.487 e. The van der Waals surface area contributed by atoms with Crippen molar-refractivity contribution in [3.05, 3.63) is 32.8 Å². The number of halogens is 3. The zero-order valence-corrected chi connectivity index (χ0v) is 9.83. The van der Waals surface area contributed by atoms with Crippen LogP contribution >= 0.6 is 15.9 Å². The lowest BCUT2D eigenvalue weighted by Gasteiger charge is -2.11. The van der Waals surface area contributed by atoms with Crippen molar-refractivity contribution in [2.45, 2.75) is 12.8 Å². The molecule has 0 radical (unpaired) electrons. The molecule has 0 aliphatic carbocycles. The monoisotopic (exact) mass is 295 g/mol. The molecule has 0 aliphatic heterocycles. The van der Waals surface area contributed by atoms with Gasteiger partial charge in [-0.05, 0) is 28.1 Å². The Morgan fingerprint density at radius 3 is 2.69 bits per heavy atom. The van der Waals surface area contributed by atoms with E-state index in [0.29, 0.717) is 6.92 Å². The second-order valence-electron chi connectivity index (χ2n) is 3.23. The number of nitrogens with zero attached hydrogens (tertiary/aromatic N) is 1. The molecule has 0 amide bonds. The summed E-state index contributed by atoms with van der Waals surface area (Å²) in [4.78, 5) is 9.92. The number of alkyl halides is 2. The molecule has 0 unspecified atom stereocenters. The fourth-order valence-corrected chi connectivity index (χ4v) is 1.32. The lowest BCUT2D eigenvalue weighted by molar-refractivity contribution is -0.385. The molecule has 4 nitrogen and oxygen atoms in total. The number of nitro groups is 1. The Bertz CT molecular complexity index is 406. The molecule has 1 aromatic rings. The third kappa shape index (κ3) is 3.73. The molecule has 0 heterocycles. The minimum atomic E-state index is -2.97. The van der Waals surface area contributed by atoms with E-state index in [1.807, 2.05) is 0 Å². The molecule has 0 bridgehead atoms. The Labute approximate surface area is 98.5 Å². The number of hydrogen-bond acceptors (Lipinski definition) is 3. The average Bonchev–Trinajstić information content (AvgIpc) is 2.14. The average molecular weight is 296 g/mol. The first-order valence-electron chi connectivity index (χ1n) is 4.24. The third-order valence-corrected chi connectivity index (χ3v) is 2.28. The molecule has 0 fully saturated rings. The van der Waals surface area contributed by atoms with E-state index in [2.05, 4.69) is 15.9 Å². The summed E-state index contributed by atoms with van der Waals surface area (Å²) < 4.78 is 30.0. The first-order chi connectivity index (χ1) is 7.29. The van der Waals surface area contributed by atoms with Crippen LogP contribution in [0.5, 0.6) is 5.75 Å². The highest BCUT2D eigenvalue weighted by Crippen LogP contribution is 2.29. The zero-order valence-electron chi connectivity index (χ0n) is 8.25. The van der Waals surface area contributed by atoms with Gasteiger partial charge in [0.2, 0.25) is 0 Å². The fourth-order valence-electron chi connectivity index (χ4n) is 0.932. The van der Waals surface area contributed by atoms with Gasteiger partial charge in [-0.1, -0.05) is 0 Å². The van der Waals surface area contributed by atoms with Crippen molar-refractivity contribution < 1.29 is 18.4 Å². The van der Waals surface area contributed by atoms with Gasteiger partial charge in [0.25, 0.3) is 11.6 Å². The number of hydrogen-bond donors (Lipinski definition) is 0. The highest BCUT2D eigenvalue weighted by atomic mass is 79.9. The highest BCUT2D eigenvalue weighted by molar-refractivity contribution is 9.10. The number of rotatable bonds is 4. The molecule has 0 atom stereocenters. The van der Waals surface area contributed by atoms with E-state index in [0.717, 1.165) is 6.07 Å². The summed E-state index contributed by atoms with van der Waals surface area (Å²) in [5, 5.41) is 10.5. The molecular formula is C9H8BrF2NO3. The summed E-state index contributed by atoms with van der Waals surface area (Å²) in [5.41, 5.74) is -0.225. The van der Waals surface area contributed by atoms with Gasteiger partial charge in [0, 0.05) is 6.92 Å². The Hall–Kier alpha value is -1.24. The Morgan fingerprint density at radius 1 is 1.56 bits per heavy atom. The second kappa shape index (κ2) is 4.73. The van der Waals surface area contributed by atoms with E-state index in [1.54, 1.807) is 0 Å². The lowest BCUT2D eigenvalue weighted by Crippen LogP contribution is -2.20. The molecule has 0 N–H and O–H groups in total. The Balaban J connectivity index is 2.83. The van der Waals surface area contributed by atoms with E-state index in [1.165, 1.54) is 12.1 Å². The lowest BCUT2D eigenvalue weighted by atomic mass is 10.3. The predicted molar refractivity (Wildman–Crippen MR) is 56.9 cm³/mol. The molecule has 0 saturated heterocycles. The van der Waals surface area contributed by atoms with Crippen molar-refractivity contribution in [2.24, 2.45) is 0 Å². The molecule has 0 spiro atoms. The van der Waals surface area contributed by atoms with E-state index in [-0.39, 0.29) is 15.9 Å². The van der Waals surface area contributed by atoms with Crippen molar-refractivity contribution >= 4 is 21.6 Å². The summed E-state index contributed by atoms with van der Waals surface area (Å²) in [6.45, 7) is -0.105. The van der Waals surface area contributed by atoms with Crippen LogP contribution in [0, 0.1) is 10.1 Å². The van der Waals surface area contributed by atoms with Crippen LogP contribution in [-0.2, 0) is 0 Å². The second-order valence-corrected chi connectivity index (χ2v) is 4.08. The molecule has 0 aromatic heterocycles. The van der Waals surface area contributed by atoms with Crippen molar-refractivity contribution in [3.63, 3.8) is 0 Å². The normalized spacial score (nSPS) is 11.2. The topological polar surface area (TPSA) is 52.4 Å². The first kappa shape index (κ1) is 12.8. The summed E-state index contributed by atoms with van der Waals surface area (Å²) in [6, 6.07) is 3.85. The number of ether oxygens (including phenoxy) is 1. The molecule has 1 rings (SSSR count). The fraction of sp³-hybridized carbons (Fsp3) is 0.333. The standard InChI is InChI=1S/C9H8BrF2NO3/c1-9(11,12)5-16-6-2-3-7(10)8(4-6)13(14)15/h2-4H,5H2,1H3. The van der Waals surface area contributed by atoms with Gasteiger partial charge in [-0.2, -0.15) is 0 Å². The highest BCUT2D eigenvalue weighted by Gasteiger charge is 2.22. The minimum absolute atomic E-state index is 0.0384. The molecule has 1 aromatic carbocycles. The maximum Gasteiger partial charge on any atom is 0.287 e. The van der Waals surface area contributed by atoms with Gasteiger partial charge < -0.3 is 4.74 Å². The summed E-state index contributed by atoms with van der Waals surface area (Å²) in [5.74, 6) is -2.93. The summed E-state index contributed by atoms with van der Waals surface area (Å²) in [7, 11) is 0. The quantitative estimate of drug-likeness (QED) is 0.632. The van der Waals surface area contributed by atoms with Crippen LogP contribution in [0.3, 0.4) is 0 Å². The molecule has 0 aliphatic rings. The van der Waals surface area contributed by atoms with Crippen LogP contribution in [-0.4, -0.2) is 17.5 Å². The van der Waals surface area contributed by atoms with Gasteiger partial charge in [0.15, 0.2) is 6.61 Å². The molecule has 7 heteroatoms. The van der Waals surface area contributed by atoms with Crippen LogP contribution in [0.4, 0.5) is 14.5 Å². The van der Waals surface area contributed by atoms with Crippen LogP contribution in [0.15, 0.2) is 22.7 Å². The third-order valence-electron chi connectivity index (χ3n) is 1.61. The van der Waals surface area contributed by atoms with Crippen molar-refractivity contribution in [3.8, 4) is 5.75 Å². The van der Waals surface area contributed by atoms with E-state index >= 15 is 0 Å². The Morgan fingerprint density at radius 2 is 2.19 bits per heavy atom. The number of benzene rings is 1. The molecule has 0 saturated carbocycles. The molecule has 88 valence electrons. The molecule has 16 heavy (non-hydrogen) atoms.